The van der Waals surface area contributed by atoms with E-state index in [1.54, 1.807) is 12.3 Å². The Balaban J connectivity index is 2.07. The summed E-state index contributed by atoms with van der Waals surface area (Å²) in [6.07, 6.45) is 1.55. The molecule has 1 fully saturated rings. The number of aromatic carboxylic acids is 1. The van der Waals surface area contributed by atoms with Gasteiger partial charge in [0.05, 0.1) is 25.9 Å². The first-order valence-electron chi connectivity index (χ1n) is 6.00. The van der Waals surface area contributed by atoms with E-state index in [0.29, 0.717) is 19.8 Å². The molecule has 1 aliphatic rings. The number of ether oxygens (including phenoxy) is 1. The van der Waals surface area contributed by atoms with Crippen molar-refractivity contribution in [2.24, 2.45) is 0 Å². The predicted octanol–water partition coefficient (Wildman–Crippen LogP) is -0.594. The highest BCUT2D eigenvalue weighted by molar-refractivity contribution is 5.87. The van der Waals surface area contributed by atoms with Crippen LogP contribution in [0, 0.1) is 0 Å². The molecule has 7 heteroatoms. The highest BCUT2D eigenvalue weighted by Crippen LogP contribution is 2.09. The molecule has 0 spiro atoms. The van der Waals surface area contributed by atoms with Gasteiger partial charge in [-0.2, -0.15) is 0 Å². The van der Waals surface area contributed by atoms with E-state index in [0.717, 1.165) is 0 Å². The molecule has 0 aliphatic carbocycles. The van der Waals surface area contributed by atoms with E-state index in [1.165, 1.54) is 15.5 Å². The molecule has 2 N–H and O–H groups in total. The fraction of sp³-hybridized carbons (Fsp3) is 0.500. The number of rotatable bonds is 4. The fourth-order valence-electron chi connectivity index (χ4n) is 2.12. The Bertz CT molecular complexity index is 470. The molecule has 1 amide bonds. The molecule has 1 aromatic rings. The molecule has 1 atom stereocenters. The Hall–Kier alpha value is -1.86. The van der Waals surface area contributed by atoms with E-state index in [1.807, 2.05) is 0 Å². The van der Waals surface area contributed by atoms with Crippen LogP contribution in [0.1, 0.15) is 10.5 Å². The van der Waals surface area contributed by atoms with E-state index in [9.17, 15) is 14.7 Å². The summed E-state index contributed by atoms with van der Waals surface area (Å²) in [6.45, 7) is 0.932. The van der Waals surface area contributed by atoms with Crippen LogP contribution < -0.4 is 0 Å². The van der Waals surface area contributed by atoms with Gasteiger partial charge in [-0.1, -0.05) is 0 Å². The number of nitrogens with zero attached hydrogens (tertiary/aromatic N) is 2. The van der Waals surface area contributed by atoms with Gasteiger partial charge in [0.25, 0.3) is 0 Å². The van der Waals surface area contributed by atoms with Gasteiger partial charge in [0.2, 0.25) is 5.91 Å². The Morgan fingerprint density at radius 3 is 2.95 bits per heavy atom. The van der Waals surface area contributed by atoms with Gasteiger partial charge in [-0.3, -0.25) is 4.79 Å². The lowest BCUT2D eigenvalue weighted by Gasteiger charge is -2.34. The molecule has 0 radical (unpaired) electrons. The third-order valence-corrected chi connectivity index (χ3v) is 3.11. The Kier molecular flexibility index (Phi) is 4.18. The molecule has 2 rings (SSSR count). The molecule has 1 aromatic heterocycles. The third kappa shape index (κ3) is 2.94. The number of aliphatic hydroxyl groups is 1. The van der Waals surface area contributed by atoms with Crippen LogP contribution in [0.25, 0.3) is 0 Å². The highest BCUT2D eigenvalue weighted by atomic mass is 16.5. The summed E-state index contributed by atoms with van der Waals surface area (Å²) in [7, 11) is 0. The zero-order chi connectivity index (χ0) is 13.8. The molecule has 104 valence electrons. The second kappa shape index (κ2) is 5.85. The summed E-state index contributed by atoms with van der Waals surface area (Å²) in [4.78, 5) is 24.6. The van der Waals surface area contributed by atoms with E-state index in [4.69, 9.17) is 9.84 Å². The predicted molar refractivity (Wildman–Crippen MR) is 64.8 cm³/mol. The Labute approximate surface area is 110 Å². The standard InChI is InChI=1S/C12H16N2O5/c15-7-9-8-19-5-4-14(9)11(16)6-13-3-1-2-10(13)12(17)18/h1-3,9,15H,4-8H2,(H,17,18). The SMILES string of the molecule is O=C(O)c1cccn1CC(=O)N1CCOCC1CO. The van der Waals surface area contributed by atoms with Crippen LogP contribution >= 0.6 is 0 Å². The number of amides is 1. The topological polar surface area (TPSA) is 92.0 Å². The zero-order valence-electron chi connectivity index (χ0n) is 10.4. The maximum Gasteiger partial charge on any atom is 0.352 e. The number of aliphatic hydroxyl groups excluding tert-OH is 1. The second-order valence-corrected chi connectivity index (χ2v) is 4.32. The van der Waals surface area contributed by atoms with Crippen molar-refractivity contribution in [1.82, 2.24) is 9.47 Å². The maximum absolute atomic E-state index is 12.2. The smallest absolute Gasteiger partial charge is 0.352 e. The van der Waals surface area contributed by atoms with Gasteiger partial charge in [-0.25, -0.2) is 4.79 Å². The lowest BCUT2D eigenvalue weighted by Crippen LogP contribution is -2.51. The van der Waals surface area contributed by atoms with Crippen molar-refractivity contribution >= 4 is 11.9 Å². The normalized spacial score (nSPS) is 19.4. The summed E-state index contributed by atoms with van der Waals surface area (Å²) in [5, 5.41) is 18.2. The first-order chi connectivity index (χ1) is 9.13. The second-order valence-electron chi connectivity index (χ2n) is 4.32. The molecular weight excluding hydrogens is 252 g/mol. The monoisotopic (exact) mass is 268 g/mol. The number of morpholine rings is 1. The van der Waals surface area contributed by atoms with Crippen molar-refractivity contribution in [3.8, 4) is 0 Å². The van der Waals surface area contributed by atoms with Crippen LogP contribution in [0.3, 0.4) is 0 Å². The van der Waals surface area contributed by atoms with E-state index in [2.05, 4.69) is 0 Å². The van der Waals surface area contributed by atoms with E-state index < -0.39 is 5.97 Å². The van der Waals surface area contributed by atoms with Gasteiger partial charge >= 0.3 is 5.97 Å². The molecule has 0 aromatic carbocycles. The van der Waals surface area contributed by atoms with Crippen LogP contribution in [0.2, 0.25) is 0 Å². The van der Waals surface area contributed by atoms with Crippen molar-refractivity contribution in [3.63, 3.8) is 0 Å². The average Bonchev–Trinajstić information content (AvgIpc) is 2.87. The molecule has 19 heavy (non-hydrogen) atoms. The minimum absolute atomic E-state index is 0.0505. The van der Waals surface area contributed by atoms with Crippen molar-refractivity contribution in [2.75, 3.05) is 26.4 Å². The quantitative estimate of drug-likeness (QED) is 0.761. The van der Waals surface area contributed by atoms with Gasteiger partial charge < -0.3 is 24.4 Å². The van der Waals surface area contributed by atoms with E-state index in [-0.39, 0.29) is 30.8 Å². The molecule has 1 saturated heterocycles. The van der Waals surface area contributed by atoms with Crippen molar-refractivity contribution in [1.29, 1.82) is 0 Å². The fourth-order valence-corrected chi connectivity index (χ4v) is 2.12. The van der Waals surface area contributed by atoms with Gasteiger partial charge in [-0.15, -0.1) is 0 Å². The minimum Gasteiger partial charge on any atom is -0.477 e. The van der Waals surface area contributed by atoms with Gasteiger partial charge in [0, 0.05) is 12.7 Å². The summed E-state index contributed by atoms with van der Waals surface area (Å²) in [5.74, 6) is -1.29. The van der Waals surface area contributed by atoms with Crippen molar-refractivity contribution in [3.05, 3.63) is 24.0 Å². The molecular formula is C12H16N2O5. The van der Waals surface area contributed by atoms with Gasteiger partial charge in [-0.05, 0) is 12.1 Å². The number of carbonyl (C=O) groups is 2. The number of aromatic nitrogens is 1. The van der Waals surface area contributed by atoms with E-state index >= 15 is 0 Å². The van der Waals surface area contributed by atoms with Crippen LogP contribution in [-0.4, -0.2) is 64.0 Å². The lowest BCUT2D eigenvalue weighted by atomic mass is 10.2. The molecule has 7 nitrogen and oxygen atoms in total. The molecule has 1 unspecified atom stereocenters. The van der Waals surface area contributed by atoms with Crippen LogP contribution in [0.15, 0.2) is 18.3 Å². The summed E-state index contributed by atoms with van der Waals surface area (Å²) < 4.78 is 6.58. The third-order valence-electron chi connectivity index (χ3n) is 3.11. The summed E-state index contributed by atoms with van der Waals surface area (Å²) in [5.41, 5.74) is 0.0714. The lowest BCUT2D eigenvalue weighted by molar-refractivity contribution is -0.142. The number of carboxylic acids is 1. The van der Waals surface area contributed by atoms with Crippen molar-refractivity contribution in [2.45, 2.75) is 12.6 Å². The molecule has 2 heterocycles. The highest BCUT2D eigenvalue weighted by Gasteiger charge is 2.27. The Morgan fingerprint density at radius 2 is 2.26 bits per heavy atom. The first-order valence-corrected chi connectivity index (χ1v) is 6.00. The van der Waals surface area contributed by atoms with Gasteiger partial charge in [0.1, 0.15) is 12.2 Å². The summed E-state index contributed by atoms with van der Waals surface area (Å²) >= 11 is 0. The summed E-state index contributed by atoms with van der Waals surface area (Å²) in [6, 6.07) is 2.67. The van der Waals surface area contributed by atoms with Crippen LogP contribution in [-0.2, 0) is 16.1 Å². The van der Waals surface area contributed by atoms with Crippen LogP contribution in [0.4, 0.5) is 0 Å². The maximum atomic E-state index is 12.2. The number of hydrogen-bond acceptors (Lipinski definition) is 4. The molecule has 1 aliphatic heterocycles. The first kappa shape index (κ1) is 13.6. The zero-order valence-corrected chi connectivity index (χ0v) is 10.4. The molecule has 0 bridgehead atoms. The van der Waals surface area contributed by atoms with Crippen LogP contribution in [0.5, 0.6) is 0 Å². The average molecular weight is 268 g/mol. The van der Waals surface area contributed by atoms with Crippen molar-refractivity contribution < 1.29 is 24.5 Å². The van der Waals surface area contributed by atoms with Gasteiger partial charge in [0.15, 0.2) is 0 Å². The largest absolute Gasteiger partial charge is 0.477 e. The number of carbonyl (C=O) groups excluding carboxylic acids is 1. The number of carboxylic acid groups (broad SMARTS) is 1. The molecule has 0 saturated carbocycles. The minimum atomic E-state index is -1.07. The Morgan fingerprint density at radius 1 is 1.47 bits per heavy atom. The number of hydrogen-bond donors (Lipinski definition) is 2.